The molecule has 0 spiro atoms. The highest BCUT2D eigenvalue weighted by molar-refractivity contribution is 7.91. The third kappa shape index (κ3) is 5.20. The minimum atomic E-state index is -3.75. The maximum Gasteiger partial charge on any atom is 0.337 e. The molecule has 0 aliphatic carbocycles. The summed E-state index contributed by atoms with van der Waals surface area (Å²) in [7, 11) is -0.925. The third-order valence-corrected chi connectivity index (χ3v) is 6.96. The second-order valence-electron chi connectivity index (χ2n) is 7.41. The van der Waals surface area contributed by atoms with Gasteiger partial charge < -0.3 is 19.9 Å². The number of anilines is 1. The van der Waals surface area contributed by atoms with Crippen molar-refractivity contribution in [3.05, 3.63) is 53.6 Å². The highest BCUT2D eigenvalue weighted by atomic mass is 32.2. The number of benzene rings is 2. The lowest BCUT2D eigenvalue weighted by atomic mass is 10.1. The summed E-state index contributed by atoms with van der Waals surface area (Å²) in [5.74, 6) is -1.48. The van der Waals surface area contributed by atoms with Gasteiger partial charge in [0.2, 0.25) is 0 Å². The fourth-order valence-electron chi connectivity index (χ4n) is 3.79. The van der Waals surface area contributed by atoms with Gasteiger partial charge in [0.15, 0.2) is 9.84 Å². The van der Waals surface area contributed by atoms with Crippen LogP contribution in [0.1, 0.15) is 28.8 Å². The summed E-state index contributed by atoms with van der Waals surface area (Å²) < 4.78 is 35.5. The van der Waals surface area contributed by atoms with Crippen molar-refractivity contribution in [3.8, 4) is 5.75 Å². The molecule has 10 heteroatoms. The molecule has 0 amide bonds. The molecule has 1 aliphatic rings. The number of esters is 1. The van der Waals surface area contributed by atoms with E-state index in [4.69, 9.17) is 9.47 Å². The fraction of sp³-hybridized carbons (Fsp3) is 0.364. The number of carboxylic acid groups (broad SMARTS) is 1. The van der Waals surface area contributed by atoms with Gasteiger partial charge >= 0.3 is 11.9 Å². The van der Waals surface area contributed by atoms with Crippen molar-refractivity contribution in [1.82, 2.24) is 4.90 Å². The number of ether oxygens (including phenoxy) is 2. The molecule has 0 aromatic heterocycles. The molecule has 32 heavy (non-hydrogen) atoms. The summed E-state index contributed by atoms with van der Waals surface area (Å²) in [4.78, 5) is 25.9. The molecular weight excluding hydrogens is 436 g/mol. The van der Waals surface area contributed by atoms with Gasteiger partial charge in [0, 0.05) is 6.54 Å². The van der Waals surface area contributed by atoms with E-state index in [0.717, 1.165) is 6.42 Å². The van der Waals surface area contributed by atoms with E-state index in [-0.39, 0.29) is 28.7 Å². The Labute approximate surface area is 186 Å². The maximum absolute atomic E-state index is 12.8. The lowest BCUT2D eigenvalue weighted by Crippen LogP contribution is -2.36. The van der Waals surface area contributed by atoms with Gasteiger partial charge in [0.1, 0.15) is 17.7 Å². The Morgan fingerprint density at radius 3 is 2.50 bits per heavy atom. The van der Waals surface area contributed by atoms with Gasteiger partial charge in [-0.3, -0.25) is 9.69 Å². The molecule has 3 rings (SSSR count). The van der Waals surface area contributed by atoms with Crippen LogP contribution in [0.25, 0.3) is 0 Å². The molecule has 9 nitrogen and oxygen atoms in total. The molecule has 1 atom stereocenters. The van der Waals surface area contributed by atoms with Crippen LogP contribution in [0.2, 0.25) is 0 Å². The number of aromatic carboxylic acids is 1. The third-order valence-electron chi connectivity index (χ3n) is 5.45. The van der Waals surface area contributed by atoms with Crippen LogP contribution in [0.5, 0.6) is 5.75 Å². The highest BCUT2D eigenvalue weighted by Gasteiger charge is 2.32. The number of rotatable bonds is 9. The number of carboxylic acids is 1. The number of nitrogens with zero attached hydrogens (tertiary/aromatic N) is 1. The van der Waals surface area contributed by atoms with Crippen molar-refractivity contribution in [1.29, 1.82) is 0 Å². The van der Waals surface area contributed by atoms with Gasteiger partial charge in [-0.15, -0.1) is 0 Å². The minimum Gasteiger partial charge on any atom is -0.497 e. The standard InChI is InChI=1S/C22H26N2O7S/c1-30-16-8-10-17(11-9-16)32(28,29)14-23-20-15(5-3-6-18(20)21(25)26)13-24-12-4-7-19(24)22(27)31-2/h3,5-6,8-11,19,23H,4,7,12-14H2,1-2H3,(H,25,26)/t19-/m0/s1. The van der Waals surface area contributed by atoms with E-state index >= 15 is 0 Å². The van der Waals surface area contributed by atoms with Crippen LogP contribution in [0, 0.1) is 0 Å². The average Bonchev–Trinajstić information content (AvgIpc) is 3.25. The number of carbonyl (C=O) groups is 2. The molecule has 2 aromatic rings. The summed E-state index contributed by atoms with van der Waals surface area (Å²) in [5, 5.41) is 12.5. The minimum absolute atomic E-state index is 0.0405. The first kappa shape index (κ1) is 23.6. The van der Waals surface area contributed by atoms with Crippen LogP contribution < -0.4 is 10.1 Å². The predicted octanol–water partition coefficient (Wildman–Crippen LogP) is 2.37. The Morgan fingerprint density at radius 2 is 1.88 bits per heavy atom. The molecule has 172 valence electrons. The molecule has 1 saturated heterocycles. The molecule has 1 heterocycles. The lowest BCUT2D eigenvalue weighted by Gasteiger charge is -2.24. The second kappa shape index (κ2) is 10.0. The molecule has 0 bridgehead atoms. The average molecular weight is 463 g/mol. The Bertz CT molecular complexity index is 1080. The largest absolute Gasteiger partial charge is 0.497 e. The number of carbonyl (C=O) groups excluding carboxylic acids is 1. The van der Waals surface area contributed by atoms with Crippen molar-refractivity contribution in [2.45, 2.75) is 30.3 Å². The van der Waals surface area contributed by atoms with Gasteiger partial charge in [-0.2, -0.15) is 0 Å². The van der Waals surface area contributed by atoms with E-state index in [1.807, 2.05) is 4.90 Å². The monoisotopic (exact) mass is 462 g/mol. The molecule has 0 unspecified atom stereocenters. The van der Waals surface area contributed by atoms with E-state index in [1.54, 1.807) is 24.3 Å². The van der Waals surface area contributed by atoms with Gasteiger partial charge in [-0.25, -0.2) is 13.2 Å². The molecule has 0 saturated carbocycles. The van der Waals surface area contributed by atoms with Gasteiger partial charge in [0.25, 0.3) is 0 Å². The SMILES string of the molecule is COC(=O)[C@@H]1CCCN1Cc1cccc(C(=O)O)c1NCS(=O)(=O)c1ccc(OC)cc1. The van der Waals surface area contributed by atoms with Crippen LogP contribution in [0.4, 0.5) is 5.69 Å². The number of likely N-dealkylation sites (tertiary alicyclic amines) is 1. The van der Waals surface area contributed by atoms with E-state index in [0.29, 0.717) is 24.3 Å². The van der Waals surface area contributed by atoms with Crippen molar-refractivity contribution in [2.75, 3.05) is 32.0 Å². The Kier molecular flexibility index (Phi) is 7.37. The van der Waals surface area contributed by atoms with Crippen molar-refractivity contribution in [2.24, 2.45) is 0 Å². The van der Waals surface area contributed by atoms with Crippen LogP contribution in [0.15, 0.2) is 47.4 Å². The number of methoxy groups -OCH3 is 2. The van der Waals surface area contributed by atoms with Gasteiger partial charge in [0.05, 0.1) is 30.4 Å². The first-order valence-electron chi connectivity index (χ1n) is 10.0. The van der Waals surface area contributed by atoms with Crippen molar-refractivity contribution >= 4 is 27.5 Å². The Balaban J connectivity index is 1.86. The van der Waals surface area contributed by atoms with Crippen LogP contribution >= 0.6 is 0 Å². The number of sulfone groups is 1. The van der Waals surface area contributed by atoms with E-state index in [2.05, 4.69) is 5.32 Å². The highest BCUT2D eigenvalue weighted by Crippen LogP contribution is 2.28. The van der Waals surface area contributed by atoms with E-state index in [1.165, 1.54) is 32.4 Å². The molecule has 1 aliphatic heterocycles. The first-order chi connectivity index (χ1) is 15.3. The van der Waals surface area contributed by atoms with E-state index in [9.17, 15) is 23.1 Å². The molecule has 1 fully saturated rings. The summed E-state index contributed by atoms with van der Waals surface area (Å²) in [6.45, 7) is 0.937. The number of hydrogen-bond donors (Lipinski definition) is 2. The predicted molar refractivity (Wildman–Crippen MR) is 118 cm³/mol. The summed E-state index contributed by atoms with van der Waals surface area (Å²) in [6.07, 6.45) is 1.47. The summed E-state index contributed by atoms with van der Waals surface area (Å²) in [6, 6.07) is 10.3. The van der Waals surface area contributed by atoms with E-state index < -0.39 is 27.7 Å². The maximum atomic E-state index is 12.8. The summed E-state index contributed by atoms with van der Waals surface area (Å²) >= 11 is 0. The molecular formula is C22H26N2O7S. The van der Waals surface area contributed by atoms with Crippen molar-refractivity contribution in [3.63, 3.8) is 0 Å². The molecule has 2 N–H and O–H groups in total. The smallest absolute Gasteiger partial charge is 0.337 e. The Morgan fingerprint density at radius 1 is 1.16 bits per heavy atom. The van der Waals surface area contributed by atoms with Crippen LogP contribution in [-0.4, -0.2) is 63.0 Å². The quantitative estimate of drug-likeness (QED) is 0.541. The van der Waals surface area contributed by atoms with Crippen LogP contribution in [0.3, 0.4) is 0 Å². The normalized spacial score (nSPS) is 16.5. The first-order valence-corrected chi connectivity index (χ1v) is 11.7. The zero-order valence-corrected chi connectivity index (χ0v) is 18.7. The van der Waals surface area contributed by atoms with Gasteiger partial charge in [-0.1, -0.05) is 12.1 Å². The number of hydrogen-bond acceptors (Lipinski definition) is 8. The Hall–Kier alpha value is -3.11. The number of para-hydroxylation sites is 1. The van der Waals surface area contributed by atoms with Gasteiger partial charge in [-0.05, 0) is 55.3 Å². The zero-order chi connectivity index (χ0) is 23.3. The number of nitrogens with one attached hydrogen (secondary N) is 1. The molecule has 0 radical (unpaired) electrons. The fourth-order valence-corrected chi connectivity index (χ4v) is 4.84. The van der Waals surface area contributed by atoms with Crippen LogP contribution in [-0.2, 0) is 25.9 Å². The topological polar surface area (TPSA) is 122 Å². The molecule has 2 aromatic carbocycles. The zero-order valence-electron chi connectivity index (χ0n) is 17.9. The van der Waals surface area contributed by atoms with Crippen molar-refractivity contribution < 1.29 is 32.6 Å². The summed E-state index contributed by atoms with van der Waals surface area (Å²) in [5.41, 5.74) is 0.763. The lowest BCUT2D eigenvalue weighted by molar-refractivity contribution is -0.146. The second-order valence-corrected chi connectivity index (χ2v) is 9.40.